The molecule has 0 aliphatic rings. The predicted octanol–water partition coefficient (Wildman–Crippen LogP) is 3.78. The van der Waals surface area contributed by atoms with E-state index in [1.165, 1.54) is 30.3 Å². The average Bonchev–Trinajstić information content (AvgIpc) is 2.33. The van der Waals surface area contributed by atoms with Crippen LogP contribution in [0.2, 0.25) is 10.3 Å². The first-order chi connectivity index (χ1) is 8.58. The molecule has 1 aromatic heterocycles. The number of nitrogens with zero attached hydrogens (tertiary/aromatic N) is 1. The number of amides is 1. The number of hydrogen-bond donors (Lipinski definition) is 1. The quantitative estimate of drug-likeness (QED) is 0.853. The van der Waals surface area contributed by atoms with Crippen LogP contribution in [0.5, 0.6) is 0 Å². The third-order valence-corrected chi connectivity index (χ3v) is 2.68. The van der Waals surface area contributed by atoms with E-state index in [1.54, 1.807) is 6.07 Å². The fourth-order valence-corrected chi connectivity index (χ4v) is 1.73. The van der Waals surface area contributed by atoms with Crippen LogP contribution < -0.4 is 5.32 Å². The summed E-state index contributed by atoms with van der Waals surface area (Å²) < 4.78 is 13.4. The van der Waals surface area contributed by atoms with Crippen molar-refractivity contribution in [1.29, 1.82) is 0 Å². The highest BCUT2D eigenvalue weighted by Gasteiger charge is 2.13. The number of pyridine rings is 1. The highest BCUT2D eigenvalue weighted by atomic mass is 35.5. The smallest absolute Gasteiger partial charge is 0.258 e. The minimum absolute atomic E-state index is 0.0483. The third kappa shape index (κ3) is 2.78. The van der Waals surface area contributed by atoms with Crippen molar-refractivity contribution in [3.05, 3.63) is 58.1 Å². The number of hydrogen-bond acceptors (Lipinski definition) is 2. The summed E-state index contributed by atoms with van der Waals surface area (Å²) in [5, 5.41) is 2.72. The Balaban J connectivity index is 2.24. The molecular weight excluding hydrogens is 278 g/mol. The van der Waals surface area contributed by atoms with E-state index in [-0.39, 0.29) is 21.6 Å². The van der Waals surface area contributed by atoms with Gasteiger partial charge in [0.15, 0.2) is 5.15 Å². The Hall–Kier alpha value is -1.65. The molecule has 0 aliphatic heterocycles. The van der Waals surface area contributed by atoms with E-state index in [0.29, 0.717) is 0 Å². The van der Waals surface area contributed by atoms with Gasteiger partial charge in [-0.25, -0.2) is 9.37 Å². The molecule has 6 heteroatoms. The summed E-state index contributed by atoms with van der Waals surface area (Å²) in [5.74, 6) is -1.20. The van der Waals surface area contributed by atoms with Crippen LogP contribution in [0.1, 0.15) is 10.4 Å². The Kier molecular flexibility index (Phi) is 3.79. The summed E-state index contributed by atoms with van der Waals surface area (Å²) in [6, 6.07) is 8.63. The van der Waals surface area contributed by atoms with Crippen LogP contribution in [0.4, 0.5) is 10.1 Å². The molecule has 92 valence electrons. The summed E-state index contributed by atoms with van der Waals surface area (Å²) in [6.07, 6.45) is 0. The fraction of sp³-hybridized carbons (Fsp3) is 0. The molecule has 0 unspecified atom stereocenters. The summed E-state index contributed by atoms with van der Waals surface area (Å²) in [5.41, 5.74) is 0.206. The lowest BCUT2D eigenvalue weighted by Crippen LogP contribution is -2.14. The maximum absolute atomic E-state index is 13.4. The normalized spacial score (nSPS) is 10.2. The van der Waals surface area contributed by atoms with Gasteiger partial charge >= 0.3 is 0 Å². The van der Waals surface area contributed by atoms with Crippen LogP contribution in [-0.4, -0.2) is 10.9 Å². The topological polar surface area (TPSA) is 42.0 Å². The van der Waals surface area contributed by atoms with Crippen LogP contribution in [-0.2, 0) is 0 Å². The SMILES string of the molecule is O=C(Nc1ccc(Cl)nc1Cl)c1ccccc1F. The van der Waals surface area contributed by atoms with Gasteiger partial charge in [-0.05, 0) is 24.3 Å². The standard InChI is InChI=1S/C12H7Cl2FN2O/c13-10-6-5-9(11(14)17-10)16-12(18)7-3-1-2-4-8(7)15/h1-6H,(H,16,18). The lowest BCUT2D eigenvalue weighted by atomic mass is 10.2. The van der Waals surface area contributed by atoms with Crippen molar-refractivity contribution in [3.8, 4) is 0 Å². The van der Waals surface area contributed by atoms with Gasteiger partial charge in [-0.15, -0.1) is 0 Å². The molecule has 0 fully saturated rings. The molecule has 3 nitrogen and oxygen atoms in total. The van der Waals surface area contributed by atoms with E-state index < -0.39 is 11.7 Å². The maximum atomic E-state index is 13.4. The van der Waals surface area contributed by atoms with Gasteiger partial charge in [0, 0.05) is 0 Å². The molecule has 0 saturated carbocycles. The molecule has 0 bridgehead atoms. The van der Waals surface area contributed by atoms with E-state index in [2.05, 4.69) is 10.3 Å². The third-order valence-electron chi connectivity index (χ3n) is 2.18. The van der Waals surface area contributed by atoms with Crippen molar-refractivity contribution in [2.24, 2.45) is 0 Å². The first-order valence-corrected chi connectivity index (χ1v) is 5.71. The molecule has 2 rings (SSSR count). The zero-order chi connectivity index (χ0) is 13.1. The summed E-state index contributed by atoms with van der Waals surface area (Å²) >= 11 is 11.4. The summed E-state index contributed by atoms with van der Waals surface area (Å²) in [6.45, 7) is 0. The molecule has 0 aliphatic carbocycles. The summed E-state index contributed by atoms with van der Waals surface area (Å²) in [7, 11) is 0. The van der Waals surface area contributed by atoms with Gasteiger partial charge in [-0.1, -0.05) is 35.3 Å². The highest BCUT2D eigenvalue weighted by Crippen LogP contribution is 2.22. The molecule has 18 heavy (non-hydrogen) atoms. The predicted molar refractivity (Wildman–Crippen MR) is 68.6 cm³/mol. The molecule has 0 atom stereocenters. The Labute approximate surface area is 113 Å². The zero-order valence-electron chi connectivity index (χ0n) is 8.95. The molecule has 1 N–H and O–H groups in total. The minimum atomic E-state index is -0.604. The van der Waals surface area contributed by atoms with Crippen molar-refractivity contribution in [3.63, 3.8) is 0 Å². The van der Waals surface area contributed by atoms with Gasteiger partial charge < -0.3 is 5.32 Å². The van der Waals surface area contributed by atoms with Gasteiger partial charge in [-0.2, -0.15) is 0 Å². The van der Waals surface area contributed by atoms with Gasteiger partial charge in [-0.3, -0.25) is 4.79 Å². The Morgan fingerprint density at radius 3 is 2.56 bits per heavy atom. The second kappa shape index (κ2) is 5.33. The Bertz CT molecular complexity index is 604. The van der Waals surface area contributed by atoms with E-state index in [4.69, 9.17) is 23.2 Å². The highest BCUT2D eigenvalue weighted by molar-refractivity contribution is 6.34. The molecular formula is C12H7Cl2FN2O. The van der Waals surface area contributed by atoms with E-state index in [9.17, 15) is 9.18 Å². The summed E-state index contributed by atoms with van der Waals surface area (Å²) in [4.78, 5) is 15.6. The van der Waals surface area contributed by atoms with Gasteiger partial charge in [0.25, 0.3) is 5.91 Å². The first-order valence-electron chi connectivity index (χ1n) is 4.96. The molecule has 1 heterocycles. The molecule has 0 radical (unpaired) electrons. The second-order valence-electron chi connectivity index (χ2n) is 3.41. The fourth-order valence-electron chi connectivity index (χ4n) is 1.34. The van der Waals surface area contributed by atoms with Gasteiger partial charge in [0.1, 0.15) is 11.0 Å². The van der Waals surface area contributed by atoms with Gasteiger partial charge in [0.2, 0.25) is 0 Å². The number of nitrogens with one attached hydrogen (secondary N) is 1. The lowest BCUT2D eigenvalue weighted by Gasteiger charge is -2.07. The molecule has 2 aromatic rings. The molecule has 1 aromatic carbocycles. The maximum Gasteiger partial charge on any atom is 0.258 e. The monoisotopic (exact) mass is 284 g/mol. The number of anilines is 1. The van der Waals surface area contributed by atoms with E-state index in [0.717, 1.165) is 0 Å². The van der Waals surface area contributed by atoms with Crippen LogP contribution in [0.3, 0.4) is 0 Å². The zero-order valence-corrected chi connectivity index (χ0v) is 10.5. The van der Waals surface area contributed by atoms with E-state index >= 15 is 0 Å². The van der Waals surface area contributed by atoms with Crippen LogP contribution in [0.25, 0.3) is 0 Å². The number of rotatable bonds is 2. The van der Waals surface area contributed by atoms with Crippen LogP contribution in [0.15, 0.2) is 36.4 Å². The van der Waals surface area contributed by atoms with Crippen molar-refractivity contribution in [2.45, 2.75) is 0 Å². The van der Waals surface area contributed by atoms with Crippen LogP contribution in [0, 0.1) is 5.82 Å². The number of halogens is 3. The lowest BCUT2D eigenvalue weighted by molar-refractivity contribution is 0.102. The largest absolute Gasteiger partial charge is 0.319 e. The first kappa shape index (κ1) is 12.8. The van der Waals surface area contributed by atoms with Gasteiger partial charge in [0.05, 0.1) is 11.3 Å². The van der Waals surface area contributed by atoms with Crippen molar-refractivity contribution in [1.82, 2.24) is 4.98 Å². The average molecular weight is 285 g/mol. The minimum Gasteiger partial charge on any atom is -0.319 e. The van der Waals surface area contributed by atoms with Crippen molar-refractivity contribution in [2.75, 3.05) is 5.32 Å². The van der Waals surface area contributed by atoms with E-state index in [1.807, 2.05) is 0 Å². The molecule has 0 spiro atoms. The number of aromatic nitrogens is 1. The Morgan fingerprint density at radius 1 is 1.17 bits per heavy atom. The van der Waals surface area contributed by atoms with Crippen LogP contribution >= 0.6 is 23.2 Å². The number of carbonyl (C=O) groups is 1. The Morgan fingerprint density at radius 2 is 1.89 bits per heavy atom. The number of carbonyl (C=O) groups excluding carboxylic acids is 1. The van der Waals surface area contributed by atoms with Crippen molar-refractivity contribution >= 4 is 34.8 Å². The molecule has 1 amide bonds. The second-order valence-corrected chi connectivity index (χ2v) is 4.15. The molecule has 0 saturated heterocycles. The van der Waals surface area contributed by atoms with Crippen molar-refractivity contribution < 1.29 is 9.18 Å². The number of benzene rings is 1.